The maximum absolute atomic E-state index is 14.6. The second kappa shape index (κ2) is 16.6. The van der Waals surface area contributed by atoms with Crippen LogP contribution in [0.4, 0.5) is 5.69 Å². The average Bonchev–Trinajstić information content (AvgIpc) is 3.10. The molecule has 252 valence electrons. The van der Waals surface area contributed by atoms with Gasteiger partial charge >= 0.3 is 0 Å². The number of fused-ring (bicyclic) bond motifs is 1. The highest BCUT2D eigenvalue weighted by Gasteiger charge is 2.25. The molecule has 48 heavy (non-hydrogen) atoms. The number of rotatable bonds is 9. The van der Waals surface area contributed by atoms with Crippen LogP contribution in [0.5, 0.6) is 5.75 Å². The van der Waals surface area contributed by atoms with Gasteiger partial charge in [0, 0.05) is 49.4 Å². The number of nitrogens with zero attached hydrogens (tertiary/aromatic N) is 3. The zero-order chi connectivity index (χ0) is 34.0. The zero-order valence-electron chi connectivity index (χ0n) is 29.3. The van der Waals surface area contributed by atoms with Crippen LogP contribution in [0.25, 0.3) is 11.1 Å². The predicted molar refractivity (Wildman–Crippen MR) is 196 cm³/mol. The van der Waals surface area contributed by atoms with Crippen LogP contribution in [0, 0.1) is 11.8 Å². The first-order chi connectivity index (χ1) is 23.2. The summed E-state index contributed by atoms with van der Waals surface area (Å²) in [7, 11) is 2.10. The molecule has 0 fully saturated rings. The van der Waals surface area contributed by atoms with E-state index in [2.05, 4.69) is 76.0 Å². The van der Waals surface area contributed by atoms with Crippen molar-refractivity contribution in [2.45, 2.75) is 60.1 Å². The van der Waals surface area contributed by atoms with Crippen molar-refractivity contribution in [3.63, 3.8) is 0 Å². The first-order valence-electron chi connectivity index (χ1n) is 17.4. The molecule has 0 saturated carbocycles. The summed E-state index contributed by atoms with van der Waals surface area (Å²) in [5.41, 5.74) is 6.84. The van der Waals surface area contributed by atoms with Gasteiger partial charge in [0.05, 0.1) is 0 Å². The Kier molecular flexibility index (Phi) is 12.1. The Bertz CT molecular complexity index is 1670. The first-order valence-corrected chi connectivity index (χ1v) is 17.4. The number of para-hydroxylation sites is 2. The number of ether oxygens (including phenoxy) is 1. The fraction of sp³-hybridized carbons (Fsp3) is 0.381. The molecule has 0 bridgehead atoms. The van der Waals surface area contributed by atoms with Crippen LogP contribution >= 0.6 is 0 Å². The van der Waals surface area contributed by atoms with Gasteiger partial charge in [0.25, 0.3) is 5.91 Å². The highest BCUT2D eigenvalue weighted by atomic mass is 16.5. The number of anilines is 1. The third-order valence-corrected chi connectivity index (χ3v) is 8.89. The Morgan fingerprint density at radius 1 is 0.771 bits per heavy atom. The lowest BCUT2D eigenvalue weighted by atomic mass is 9.92. The van der Waals surface area contributed by atoms with Gasteiger partial charge in [-0.1, -0.05) is 107 Å². The van der Waals surface area contributed by atoms with Gasteiger partial charge in [0.1, 0.15) is 12.4 Å². The van der Waals surface area contributed by atoms with Crippen molar-refractivity contribution in [1.82, 2.24) is 9.80 Å². The predicted octanol–water partition coefficient (Wildman–Crippen LogP) is 8.49. The van der Waals surface area contributed by atoms with E-state index in [4.69, 9.17) is 4.74 Å². The van der Waals surface area contributed by atoms with Crippen LogP contribution in [0.15, 0.2) is 97.1 Å². The number of benzene rings is 4. The van der Waals surface area contributed by atoms with E-state index in [1.54, 1.807) is 0 Å². The molecule has 1 aliphatic rings. The van der Waals surface area contributed by atoms with Crippen LogP contribution in [0.2, 0.25) is 0 Å². The van der Waals surface area contributed by atoms with Gasteiger partial charge < -0.3 is 19.4 Å². The van der Waals surface area contributed by atoms with Crippen molar-refractivity contribution >= 4 is 17.5 Å². The van der Waals surface area contributed by atoms with Crippen molar-refractivity contribution in [2.75, 3.05) is 38.1 Å². The highest BCUT2D eigenvalue weighted by molar-refractivity contribution is 5.97. The van der Waals surface area contributed by atoms with Crippen LogP contribution in [-0.2, 0) is 24.4 Å². The zero-order valence-corrected chi connectivity index (χ0v) is 29.3. The number of amides is 2. The van der Waals surface area contributed by atoms with E-state index in [-0.39, 0.29) is 17.7 Å². The molecule has 0 unspecified atom stereocenters. The molecule has 6 nitrogen and oxygen atoms in total. The summed E-state index contributed by atoms with van der Waals surface area (Å²) in [4.78, 5) is 34.3. The molecule has 1 heterocycles. The van der Waals surface area contributed by atoms with E-state index in [0.29, 0.717) is 38.6 Å². The molecule has 0 atom stereocenters. The molecule has 0 radical (unpaired) electrons. The number of carbonyl (C=O) groups excluding carboxylic acids is 2. The lowest BCUT2D eigenvalue weighted by Gasteiger charge is -2.29. The Morgan fingerprint density at radius 3 is 2.27 bits per heavy atom. The highest BCUT2D eigenvalue weighted by Crippen LogP contribution is 2.33. The smallest absolute Gasteiger partial charge is 0.254 e. The molecule has 4 aromatic rings. The molecule has 5 rings (SSSR count). The van der Waals surface area contributed by atoms with E-state index >= 15 is 0 Å². The van der Waals surface area contributed by atoms with E-state index in [0.717, 1.165) is 70.7 Å². The lowest BCUT2D eigenvalue weighted by molar-refractivity contribution is -0.119. The summed E-state index contributed by atoms with van der Waals surface area (Å²) in [6.45, 7) is 12.4. The summed E-state index contributed by atoms with van der Waals surface area (Å²) >= 11 is 0. The van der Waals surface area contributed by atoms with Crippen LogP contribution in [0.3, 0.4) is 0 Å². The second-order valence-corrected chi connectivity index (χ2v) is 13.9. The normalized spacial score (nSPS) is 14.5. The van der Waals surface area contributed by atoms with Gasteiger partial charge in [-0.15, -0.1) is 0 Å². The Morgan fingerprint density at radius 2 is 1.50 bits per heavy atom. The molecule has 6 heteroatoms. The van der Waals surface area contributed by atoms with E-state index in [9.17, 15) is 9.59 Å². The molecule has 0 saturated heterocycles. The fourth-order valence-electron chi connectivity index (χ4n) is 6.42. The SMILES string of the molecule is CC(C)CC(=O)N1CCCN(C)CCN(C(=O)c2ccc(-c3ccccc3OCc3ccccc3)cc2CC(C)C)Cc2ccccc21. The second-order valence-electron chi connectivity index (χ2n) is 13.9. The summed E-state index contributed by atoms with van der Waals surface area (Å²) in [5, 5.41) is 0. The van der Waals surface area contributed by atoms with Gasteiger partial charge in [0.2, 0.25) is 5.91 Å². The van der Waals surface area contributed by atoms with Crippen molar-refractivity contribution in [3.8, 4) is 16.9 Å². The minimum absolute atomic E-state index is 0.0216. The van der Waals surface area contributed by atoms with Crippen LogP contribution in [0.1, 0.15) is 67.6 Å². The molecule has 1 aliphatic heterocycles. The van der Waals surface area contributed by atoms with Crippen LogP contribution < -0.4 is 9.64 Å². The molecule has 0 N–H and O–H groups in total. The van der Waals surface area contributed by atoms with Crippen molar-refractivity contribution in [1.29, 1.82) is 0 Å². The van der Waals surface area contributed by atoms with Crippen molar-refractivity contribution in [3.05, 3.63) is 119 Å². The average molecular weight is 646 g/mol. The number of hydrogen-bond donors (Lipinski definition) is 0. The largest absolute Gasteiger partial charge is 0.488 e. The molecular formula is C42H51N3O3. The molecule has 0 spiro atoms. The summed E-state index contributed by atoms with van der Waals surface area (Å²) in [6, 6.07) is 32.7. The molecule has 0 aromatic heterocycles. The minimum atomic E-state index is 0.0216. The minimum Gasteiger partial charge on any atom is -0.488 e. The third-order valence-electron chi connectivity index (χ3n) is 8.89. The standard InChI is InChI=1S/C42H51N3O3/c1-31(2)26-36-28-34(37-17-10-12-19-40(37)48-30-33-14-7-6-8-15-33)20-21-38(36)42(47)44-25-24-43(5)22-13-23-45(41(46)27-32(3)4)39-18-11-9-16-35(39)29-44/h6-12,14-21,28,31-32H,13,22-27,29-30H2,1-5H3. The van der Waals surface area contributed by atoms with Crippen molar-refractivity contribution < 1.29 is 14.3 Å². The van der Waals surface area contributed by atoms with Gasteiger partial charge in [0.15, 0.2) is 0 Å². The fourth-order valence-corrected chi connectivity index (χ4v) is 6.42. The summed E-state index contributed by atoms with van der Waals surface area (Å²) in [6.07, 6.45) is 2.15. The third kappa shape index (κ3) is 9.13. The Labute approximate surface area is 287 Å². The molecule has 0 aliphatic carbocycles. The summed E-state index contributed by atoms with van der Waals surface area (Å²) < 4.78 is 6.31. The Hall–Kier alpha value is -4.42. The maximum Gasteiger partial charge on any atom is 0.254 e. The molecular weight excluding hydrogens is 594 g/mol. The summed E-state index contributed by atoms with van der Waals surface area (Å²) in [5.74, 6) is 1.62. The van der Waals surface area contributed by atoms with Crippen molar-refractivity contribution in [2.24, 2.45) is 11.8 Å². The Balaban J connectivity index is 1.48. The first kappa shape index (κ1) is 34.9. The maximum atomic E-state index is 14.6. The molecule has 2 amide bonds. The number of likely N-dealkylation sites (N-methyl/N-ethyl adjacent to an activating group) is 1. The van der Waals surface area contributed by atoms with Crippen LogP contribution in [-0.4, -0.2) is 54.8 Å². The van der Waals surface area contributed by atoms with E-state index < -0.39 is 0 Å². The van der Waals surface area contributed by atoms with Gasteiger partial charge in [-0.3, -0.25) is 9.59 Å². The van der Waals surface area contributed by atoms with E-state index in [1.165, 1.54) is 0 Å². The van der Waals surface area contributed by atoms with Gasteiger partial charge in [-0.05, 0) is 78.7 Å². The van der Waals surface area contributed by atoms with E-state index in [1.807, 2.05) is 70.5 Å². The lowest BCUT2D eigenvalue weighted by Crippen LogP contribution is -2.37. The van der Waals surface area contributed by atoms with Gasteiger partial charge in [-0.2, -0.15) is 0 Å². The molecule has 4 aromatic carbocycles. The topological polar surface area (TPSA) is 53.1 Å². The number of hydrogen-bond acceptors (Lipinski definition) is 4. The van der Waals surface area contributed by atoms with Gasteiger partial charge in [-0.25, -0.2) is 0 Å². The number of carbonyl (C=O) groups is 2. The monoisotopic (exact) mass is 645 g/mol. The quantitative estimate of drug-likeness (QED) is 0.183.